The molecular formula is C17H24ClN5O2S. The van der Waals surface area contributed by atoms with Crippen LogP contribution in [0.25, 0.3) is 0 Å². The van der Waals surface area contributed by atoms with E-state index in [1.54, 1.807) is 13.0 Å². The third-order valence-electron chi connectivity index (χ3n) is 3.83. The van der Waals surface area contributed by atoms with E-state index in [1.165, 1.54) is 24.3 Å². The van der Waals surface area contributed by atoms with Gasteiger partial charge in [-0.3, -0.25) is 0 Å². The molecule has 1 aromatic heterocycles. The number of hydrogen-bond acceptors (Lipinski definition) is 6. The molecule has 2 N–H and O–H groups in total. The van der Waals surface area contributed by atoms with Gasteiger partial charge in [0.15, 0.2) is 0 Å². The van der Waals surface area contributed by atoms with Gasteiger partial charge in [0.2, 0.25) is 5.95 Å². The minimum atomic E-state index is -3.78. The highest BCUT2D eigenvalue weighted by Gasteiger charge is 2.16. The van der Waals surface area contributed by atoms with Crippen molar-refractivity contribution < 1.29 is 8.42 Å². The van der Waals surface area contributed by atoms with Gasteiger partial charge in [-0.1, -0.05) is 25.4 Å². The van der Waals surface area contributed by atoms with Crippen LogP contribution in [0.2, 0.25) is 5.02 Å². The van der Waals surface area contributed by atoms with Crippen molar-refractivity contribution in [1.82, 2.24) is 14.9 Å². The lowest BCUT2D eigenvalue weighted by Gasteiger charge is -2.18. The number of halogens is 1. The van der Waals surface area contributed by atoms with Crippen molar-refractivity contribution in [2.75, 3.05) is 36.2 Å². The summed E-state index contributed by atoms with van der Waals surface area (Å²) in [5, 5.41) is 3.68. The van der Waals surface area contributed by atoms with Crippen LogP contribution in [0.5, 0.6) is 0 Å². The quantitative estimate of drug-likeness (QED) is 0.676. The molecule has 0 unspecified atom stereocenters. The molecule has 0 spiro atoms. The lowest BCUT2D eigenvalue weighted by atomic mass is 10.4. The summed E-state index contributed by atoms with van der Waals surface area (Å²) in [7, 11) is -3.78. The zero-order chi connectivity index (χ0) is 19.2. The molecular weight excluding hydrogens is 374 g/mol. The molecule has 7 nitrogen and oxygen atoms in total. The van der Waals surface area contributed by atoms with E-state index < -0.39 is 10.0 Å². The molecule has 2 aromatic rings. The Morgan fingerprint density at radius 3 is 2.38 bits per heavy atom. The summed E-state index contributed by atoms with van der Waals surface area (Å²) in [6.07, 6.45) is 0. The normalized spacial score (nSPS) is 11.6. The van der Waals surface area contributed by atoms with Crippen LogP contribution in [0.1, 0.15) is 19.5 Å². The highest BCUT2D eigenvalue weighted by Crippen LogP contribution is 2.17. The van der Waals surface area contributed by atoms with E-state index >= 15 is 0 Å². The van der Waals surface area contributed by atoms with Crippen LogP contribution in [-0.2, 0) is 10.0 Å². The number of nitrogens with zero attached hydrogens (tertiary/aromatic N) is 3. The molecule has 0 fully saturated rings. The second-order valence-corrected chi connectivity index (χ2v) is 7.85. The number of likely N-dealkylation sites (N-methyl/N-ethyl adjacent to an activating group) is 1. The number of hydrogen-bond donors (Lipinski definition) is 2. The summed E-state index contributed by atoms with van der Waals surface area (Å²) in [6, 6.07) is 7.69. The minimum Gasteiger partial charge on any atom is -0.369 e. The number of aromatic nitrogens is 2. The van der Waals surface area contributed by atoms with E-state index in [1.807, 2.05) is 0 Å². The first-order valence-electron chi connectivity index (χ1n) is 8.44. The van der Waals surface area contributed by atoms with Crippen LogP contribution in [0.15, 0.2) is 35.2 Å². The van der Waals surface area contributed by atoms with Crippen LogP contribution in [0.3, 0.4) is 0 Å². The van der Waals surface area contributed by atoms with Gasteiger partial charge in [-0.2, -0.15) is 4.98 Å². The Morgan fingerprint density at radius 1 is 1.12 bits per heavy atom. The fourth-order valence-corrected chi connectivity index (χ4v) is 3.45. The maximum Gasteiger partial charge on any atom is 0.264 e. The van der Waals surface area contributed by atoms with Gasteiger partial charge in [0.1, 0.15) is 5.82 Å². The lowest BCUT2D eigenvalue weighted by molar-refractivity contribution is 0.316. The number of sulfonamides is 1. The molecule has 0 aliphatic heterocycles. The van der Waals surface area contributed by atoms with Crippen molar-refractivity contribution >= 4 is 33.4 Å². The summed E-state index contributed by atoms with van der Waals surface area (Å²) in [5.41, 5.74) is 0.666. The van der Waals surface area contributed by atoms with Gasteiger partial charge in [-0.05, 0) is 44.3 Å². The molecule has 0 bridgehead atoms. The lowest BCUT2D eigenvalue weighted by Crippen LogP contribution is -2.28. The van der Waals surface area contributed by atoms with E-state index in [4.69, 9.17) is 11.6 Å². The first kappa shape index (κ1) is 20.4. The van der Waals surface area contributed by atoms with Gasteiger partial charge in [0.05, 0.1) is 4.90 Å². The summed E-state index contributed by atoms with van der Waals surface area (Å²) < 4.78 is 27.3. The average molecular weight is 398 g/mol. The summed E-state index contributed by atoms with van der Waals surface area (Å²) in [6.45, 7) is 9.56. The molecule has 9 heteroatoms. The van der Waals surface area contributed by atoms with Crippen molar-refractivity contribution in [3.05, 3.63) is 41.0 Å². The van der Waals surface area contributed by atoms with E-state index in [0.717, 1.165) is 19.6 Å². The molecule has 0 radical (unpaired) electrons. The third kappa shape index (κ3) is 5.82. The molecule has 142 valence electrons. The Morgan fingerprint density at radius 2 is 1.77 bits per heavy atom. The Hall–Kier alpha value is -1.90. The van der Waals surface area contributed by atoms with Crippen molar-refractivity contribution in [2.24, 2.45) is 0 Å². The summed E-state index contributed by atoms with van der Waals surface area (Å²) in [5.74, 6) is 0.615. The summed E-state index contributed by atoms with van der Waals surface area (Å²) in [4.78, 5) is 10.8. The van der Waals surface area contributed by atoms with Crippen molar-refractivity contribution in [2.45, 2.75) is 25.7 Å². The molecule has 0 aliphatic rings. The molecule has 2 rings (SSSR count). The largest absolute Gasteiger partial charge is 0.369 e. The number of benzene rings is 1. The third-order valence-corrected chi connectivity index (χ3v) is 5.43. The first-order chi connectivity index (χ1) is 12.3. The van der Waals surface area contributed by atoms with Crippen LogP contribution in [0.4, 0.5) is 11.8 Å². The highest BCUT2D eigenvalue weighted by molar-refractivity contribution is 7.92. The van der Waals surface area contributed by atoms with Crippen LogP contribution < -0.4 is 10.0 Å². The fraction of sp³-hybridized carbons (Fsp3) is 0.412. The average Bonchev–Trinajstić information content (AvgIpc) is 2.58. The zero-order valence-electron chi connectivity index (χ0n) is 15.2. The van der Waals surface area contributed by atoms with Crippen LogP contribution in [-0.4, -0.2) is 49.5 Å². The second-order valence-electron chi connectivity index (χ2n) is 5.73. The topological polar surface area (TPSA) is 87.2 Å². The van der Waals surface area contributed by atoms with Crippen molar-refractivity contribution in [1.29, 1.82) is 0 Å². The monoisotopic (exact) mass is 397 g/mol. The predicted molar refractivity (Wildman–Crippen MR) is 105 cm³/mol. The van der Waals surface area contributed by atoms with Gasteiger partial charge in [-0.15, -0.1) is 0 Å². The van der Waals surface area contributed by atoms with Crippen molar-refractivity contribution in [3.63, 3.8) is 0 Å². The number of aryl methyl sites for hydroxylation is 1. The SMILES string of the molecule is CCN(CC)CCNc1cc(C)nc(NS(=O)(=O)c2ccc(Cl)cc2)n1. The Labute approximate surface area is 159 Å². The van der Waals surface area contributed by atoms with Gasteiger partial charge in [0, 0.05) is 29.9 Å². The van der Waals surface area contributed by atoms with Gasteiger partial charge >= 0.3 is 0 Å². The van der Waals surface area contributed by atoms with Gasteiger partial charge in [-0.25, -0.2) is 18.1 Å². The highest BCUT2D eigenvalue weighted by atomic mass is 35.5. The molecule has 0 amide bonds. The number of nitrogens with one attached hydrogen (secondary N) is 2. The maximum absolute atomic E-state index is 12.5. The van der Waals surface area contributed by atoms with Gasteiger partial charge in [0.25, 0.3) is 10.0 Å². The van der Waals surface area contributed by atoms with Crippen LogP contribution in [0, 0.1) is 6.92 Å². The molecule has 26 heavy (non-hydrogen) atoms. The fourth-order valence-electron chi connectivity index (χ4n) is 2.38. The standard InChI is InChI=1S/C17H24ClN5O2S/c1-4-23(5-2)11-10-19-16-12-13(3)20-17(21-16)22-26(24,25)15-8-6-14(18)7-9-15/h6-9,12H,4-5,10-11H2,1-3H3,(H2,19,20,21,22). The molecule has 0 saturated heterocycles. The Balaban J connectivity index is 2.10. The minimum absolute atomic E-state index is 0.0327. The smallest absolute Gasteiger partial charge is 0.264 e. The van der Waals surface area contributed by atoms with E-state index in [9.17, 15) is 8.42 Å². The van der Waals surface area contributed by atoms with E-state index in [2.05, 4.69) is 38.8 Å². The van der Waals surface area contributed by atoms with Crippen molar-refractivity contribution in [3.8, 4) is 0 Å². The molecule has 1 heterocycles. The second kappa shape index (κ2) is 9.16. The maximum atomic E-state index is 12.5. The number of rotatable bonds is 9. The summed E-state index contributed by atoms with van der Waals surface area (Å²) >= 11 is 5.80. The molecule has 0 atom stereocenters. The van der Waals surface area contributed by atoms with Crippen LogP contribution >= 0.6 is 11.6 Å². The first-order valence-corrected chi connectivity index (χ1v) is 10.3. The number of anilines is 2. The predicted octanol–water partition coefficient (Wildman–Crippen LogP) is 2.99. The molecule has 0 saturated carbocycles. The molecule has 0 aliphatic carbocycles. The zero-order valence-corrected chi connectivity index (χ0v) is 16.7. The Kier molecular flexibility index (Phi) is 7.19. The van der Waals surface area contributed by atoms with Gasteiger partial charge < -0.3 is 10.2 Å². The Bertz CT molecular complexity index is 824. The van der Waals surface area contributed by atoms with E-state index in [-0.39, 0.29) is 10.8 Å². The molecule has 1 aromatic carbocycles. The van der Waals surface area contributed by atoms with E-state index in [0.29, 0.717) is 23.1 Å².